The standard InChI is InChI=1S/C25H31N3O5S/c1-5-27(20-8-10-21(33-4)11-9-20)24(29)16-26(3)34(31,32)22-12-13-23-19(15-22)14-17(2)28(23)25(30)18-6-7-18/h8-13,15,17-18H,5-7,14,16H2,1-4H3/t17-/m1/s1. The predicted molar refractivity (Wildman–Crippen MR) is 131 cm³/mol. The quantitative estimate of drug-likeness (QED) is 0.574. The van der Waals surface area contributed by atoms with E-state index in [9.17, 15) is 18.0 Å². The molecule has 9 heteroatoms. The second-order valence-corrected chi connectivity index (χ2v) is 11.0. The van der Waals surface area contributed by atoms with Gasteiger partial charge >= 0.3 is 0 Å². The molecule has 4 rings (SSSR count). The smallest absolute Gasteiger partial charge is 0.243 e. The molecule has 0 saturated heterocycles. The fraction of sp³-hybridized carbons (Fsp3) is 0.440. The van der Waals surface area contributed by atoms with Gasteiger partial charge in [0, 0.05) is 36.9 Å². The minimum Gasteiger partial charge on any atom is -0.497 e. The van der Waals surface area contributed by atoms with Gasteiger partial charge in [-0.15, -0.1) is 0 Å². The summed E-state index contributed by atoms with van der Waals surface area (Å²) in [7, 11) is -0.907. The van der Waals surface area contributed by atoms with Gasteiger partial charge < -0.3 is 14.5 Å². The van der Waals surface area contributed by atoms with E-state index in [0.717, 1.165) is 28.4 Å². The van der Waals surface area contributed by atoms with Crippen molar-refractivity contribution in [1.29, 1.82) is 0 Å². The highest BCUT2D eigenvalue weighted by Gasteiger charge is 2.40. The van der Waals surface area contributed by atoms with Crippen LogP contribution in [-0.2, 0) is 26.0 Å². The zero-order chi connectivity index (χ0) is 24.6. The summed E-state index contributed by atoms with van der Waals surface area (Å²) in [6.45, 7) is 3.94. The summed E-state index contributed by atoms with van der Waals surface area (Å²) < 4.78 is 32.8. The van der Waals surface area contributed by atoms with E-state index in [-0.39, 0.29) is 35.2 Å². The van der Waals surface area contributed by atoms with Gasteiger partial charge in [-0.2, -0.15) is 4.31 Å². The van der Waals surface area contributed by atoms with Gasteiger partial charge in [0.05, 0.1) is 18.6 Å². The minimum absolute atomic E-state index is 0.00275. The maximum Gasteiger partial charge on any atom is 0.243 e. The average Bonchev–Trinajstić information content (AvgIpc) is 3.61. The van der Waals surface area contributed by atoms with Crippen molar-refractivity contribution >= 4 is 33.2 Å². The van der Waals surface area contributed by atoms with E-state index < -0.39 is 10.0 Å². The zero-order valence-corrected chi connectivity index (χ0v) is 20.8. The fourth-order valence-electron chi connectivity index (χ4n) is 4.44. The molecule has 1 aliphatic carbocycles. The number of rotatable bonds is 8. The van der Waals surface area contributed by atoms with Crippen LogP contribution in [-0.4, -0.2) is 57.8 Å². The SMILES string of the molecule is CCN(C(=O)CN(C)S(=O)(=O)c1ccc2c(c1)C[C@@H](C)N2C(=O)C1CC1)c1ccc(OC)cc1. The number of nitrogens with zero attached hydrogens (tertiary/aromatic N) is 3. The van der Waals surface area contributed by atoms with Crippen molar-refractivity contribution in [3.8, 4) is 5.75 Å². The Labute approximate surface area is 201 Å². The number of benzene rings is 2. The molecule has 1 atom stereocenters. The van der Waals surface area contributed by atoms with Crippen LogP contribution in [0.15, 0.2) is 47.4 Å². The highest BCUT2D eigenvalue weighted by Crippen LogP contribution is 2.39. The number of likely N-dealkylation sites (N-methyl/N-ethyl adjacent to an activating group) is 2. The Hall–Kier alpha value is -2.91. The molecule has 0 bridgehead atoms. The molecule has 1 aliphatic heterocycles. The molecule has 1 saturated carbocycles. The number of anilines is 2. The molecule has 0 spiro atoms. The molecule has 0 aromatic heterocycles. The Bertz CT molecular complexity index is 1190. The van der Waals surface area contributed by atoms with Gasteiger partial charge in [-0.25, -0.2) is 8.42 Å². The van der Waals surface area contributed by atoms with Gasteiger partial charge in [0.1, 0.15) is 5.75 Å². The molecule has 2 aliphatic rings. The maximum atomic E-state index is 13.3. The Kier molecular flexibility index (Phi) is 6.69. The molecule has 34 heavy (non-hydrogen) atoms. The van der Waals surface area contributed by atoms with Crippen molar-refractivity contribution in [1.82, 2.24) is 4.31 Å². The molecule has 2 amide bonds. The number of carbonyl (C=O) groups excluding carboxylic acids is 2. The molecule has 2 aromatic rings. The van der Waals surface area contributed by atoms with E-state index in [2.05, 4.69) is 0 Å². The van der Waals surface area contributed by atoms with E-state index in [4.69, 9.17) is 4.74 Å². The number of hydrogen-bond donors (Lipinski definition) is 0. The van der Waals surface area contributed by atoms with Crippen molar-refractivity contribution < 1.29 is 22.7 Å². The first kappa shape index (κ1) is 24.2. The highest BCUT2D eigenvalue weighted by atomic mass is 32.2. The lowest BCUT2D eigenvalue weighted by atomic mass is 10.1. The number of sulfonamides is 1. The number of ether oxygens (including phenoxy) is 1. The molecule has 0 N–H and O–H groups in total. The van der Waals surface area contributed by atoms with Crippen LogP contribution in [0.25, 0.3) is 0 Å². The molecule has 182 valence electrons. The topological polar surface area (TPSA) is 87.2 Å². The number of carbonyl (C=O) groups is 2. The molecule has 2 aromatic carbocycles. The van der Waals surface area contributed by atoms with Crippen LogP contribution >= 0.6 is 0 Å². The first-order chi connectivity index (χ1) is 16.2. The lowest BCUT2D eigenvalue weighted by Gasteiger charge is -2.25. The molecule has 8 nitrogen and oxygen atoms in total. The molecular weight excluding hydrogens is 454 g/mol. The summed E-state index contributed by atoms with van der Waals surface area (Å²) in [5.74, 6) is 0.578. The second kappa shape index (κ2) is 9.38. The van der Waals surface area contributed by atoms with Crippen molar-refractivity contribution in [3.05, 3.63) is 48.0 Å². The summed E-state index contributed by atoms with van der Waals surface area (Å²) in [4.78, 5) is 29.1. The van der Waals surface area contributed by atoms with Gasteiger partial charge in [0.2, 0.25) is 21.8 Å². The van der Waals surface area contributed by atoms with Gasteiger partial charge in [-0.3, -0.25) is 9.59 Å². The van der Waals surface area contributed by atoms with Crippen LogP contribution in [0.3, 0.4) is 0 Å². The van der Waals surface area contributed by atoms with Gasteiger partial charge in [0.25, 0.3) is 0 Å². The van der Waals surface area contributed by atoms with Crippen LogP contribution in [0, 0.1) is 5.92 Å². The largest absolute Gasteiger partial charge is 0.497 e. The summed E-state index contributed by atoms with van der Waals surface area (Å²) >= 11 is 0. The lowest BCUT2D eigenvalue weighted by Crippen LogP contribution is -2.41. The number of fused-ring (bicyclic) bond motifs is 1. The second-order valence-electron chi connectivity index (χ2n) is 8.92. The predicted octanol–water partition coefficient (Wildman–Crippen LogP) is 3.06. The molecular formula is C25H31N3O5S. The van der Waals surface area contributed by atoms with E-state index >= 15 is 0 Å². The summed E-state index contributed by atoms with van der Waals surface area (Å²) in [5, 5.41) is 0. The molecule has 0 unspecified atom stereocenters. The number of amides is 2. The number of methoxy groups -OCH3 is 1. The summed E-state index contributed by atoms with van der Waals surface area (Å²) in [5.41, 5.74) is 2.31. The van der Waals surface area contributed by atoms with E-state index in [1.54, 1.807) is 43.5 Å². The van der Waals surface area contributed by atoms with Crippen LogP contribution in [0.2, 0.25) is 0 Å². The van der Waals surface area contributed by atoms with Crippen LogP contribution in [0.1, 0.15) is 32.3 Å². The minimum atomic E-state index is -3.89. The van der Waals surface area contributed by atoms with Gasteiger partial charge in [-0.05, 0) is 81.1 Å². The Balaban J connectivity index is 1.51. The third-order valence-electron chi connectivity index (χ3n) is 6.50. The number of hydrogen-bond acceptors (Lipinski definition) is 5. The molecule has 0 radical (unpaired) electrons. The van der Waals surface area contributed by atoms with Crippen molar-refractivity contribution in [2.24, 2.45) is 5.92 Å². The van der Waals surface area contributed by atoms with E-state index in [1.165, 1.54) is 18.0 Å². The van der Waals surface area contributed by atoms with Gasteiger partial charge in [0.15, 0.2) is 0 Å². The van der Waals surface area contributed by atoms with Gasteiger partial charge in [-0.1, -0.05) is 0 Å². The summed E-state index contributed by atoms with van der Waals surface area (Å²) in [6.07, 6.45) is 2.46. The first-order valence-corrected chi connectivity index (χ1v) is 13.0. The maximum absolute atomic E-state index is 13.3. The summed E-state index contributed by atoms with van der Waals surface area (Å²) in [6, 6.07) is 11.9. The van der Waals surface area contributed by atoms with Crippen LogP contribution in [0.5, 0.6) is 5.75 Å². The lowest BCUT2D eigenvalue weighted by molar-refractivity contribution is -0.120. The van der Waals surface area contributed by atoms with Crippen molar-refractivity contribution in [3.63, 3.8) is 0 Å². The average molecular weight is 486 g/mol. The first-order valence-electron chi connectivity index (χ1n) is 11.5. The molecule has 1 fully saturated rings. The third-order valence-corrected chi connectivity index (χ3v) is 8.30. The van der Waals surface area contributed by atoms with E-state index in [1.807, 2.05) is 18.7 Å². The third kappa shape index (κ3) is 4.54. The van der Waals surface area contributed by atoms with E-state index in [0.29, 0.717) is 24.4 Å². The van der Waals surface area contributed by atoms with Crippen LogP contribution in [0.4, 0.5) is 11.4 Å². The van der Waals surface area contributed by atoms with Crippen molar-refractivity contribution in [2.75, 3.05) is 37.0 Å². The molecule has 1 heterocycles. The fourth-order valence-corrected chi connectivity index (χ4v) is 5.61. The zero-order valence-electron chi connectivity index (χ0n) is 20.0. The highest BCUT2D eigenvalue weighted by molar-refractivity contribution is 7.89. The Morgan fingerprint density at radius 1 is 1.12 bits per heavy atom. The monoisotopic (exact) mass is 485 g/mol. The Morgan fingerprint density at radius 3 is 2.38 bits per heavy atom. The van der Waals surface area contributed by atoms with Crippen LogP contribution < -0.4 is 14.5 Å². The normalized spacial score (nSPS) is 17.6. The Morgan fingerprint density at radius 2 is 1.79 bits per heavy atom. The van der Waals surface area contributed by atoms with Crippen molar-refractivity contribution in [2.45, 2.75) is 44.0 Å².